The van der Waals surface area contributed by atoms with Crippen LogP contribution >= 0.6 is 0 Å². The third kappa shape index (κ3) is 6.48. The van der Waals surface area contributed by atoms with E-state index in [0.717, 1.165) is 114 Å². The largest absolute Gasteiger partial charge is 0.379 e. The summed E-state index contributed by atoms with van der Waals surface area (Å²) in [5.41, 5.74) is 3.60. The van der Waals surface area contributed by atoms with E-state index < -0.39 is 0 Å². The maximum Gasteiger partial charge on any atom is 0.253 e. The normalized spacial score (nSPS) is 29.0. The molecule has 0 radical (unpaired) electrons. The van der Waals surface area contributed by atoms with Gasteiger partial charge in [0.05, 0.1) is 24.2 Å². The molecule has 6 fully saturated rings. The fraction of sp³-hybridized carbons (Fsp3) is 0.611. The van der Waals surface area contributed by atoms with Gasteiger partial charge in [-0.05, 0) is 105 Å². The van der Waals surface area contributed by atoms with Crippen molar-refractivity contribution in [2.75, 3.05) is 62.7 Å². The number of carbonyl (C=O) groups excluding carboxylic acids is 2. The molecule has 6 aliphatic rings. The third-order valence-electron chi connectivity index (χ3n) is 11.2. The average Bonchev–Trinajstić information content (AvgIpc) is 3.02. The smallest absolute Gasteiger partial charge is 0.253 e. The molecule has 4 saturated carbocycles. The van der Waals surface area contributed by atoms with Crippen LogP contribution in [0, 0.1) is 29.1 Å². The lowest BCUT2D eigenvalue weighted by Crippen LogP contribution is -2.51. The monoisotopic (exact) mass is 584 g/mol. The van der Waals surface area contributed by atoms with Crippen molar-refractivity contribution >= 4 is 23.2 Å². The highest BCUT2D eigenvalue weighted by Crippen LogP contribution is 2.60. The van der Waals surface area contributed by atoms with Crippen LogP contribution in [0.15, 0.2) is 48.5 Å². The van der Waals surface area contributed by atoms with Gasteiger partial charge in [0.15, 0.2) is 0 Å². The van der Waals surface area contributed by atoms with Gasteiger partial charge >= 0.3 is 0 Å². The van der Waals surface area contributed by atoms with E-state index in [1.807, 2.05) is 12.1 Å². The SMILES string of the molecule is O=C(NCCN1CCOCC1)c1cc(NC(=O)C23CC4CC(CC(C4)C2)C3)ccc1N1CCC(Cc2ccccc2)CC1. The first-order chi connectivity index (χ1) is 21.0. The average molecular weight is 585 g/mol. The molecule has 7 heteroatoms. The van der Waals surface area contributed by atoms with Crippen LogP contribution in [0.1, 0.15) is 67.3 Å². The molecule has 4 bridgehead atoms. The van der Waals surface area contributed by atoms with Crippen molar-refractivity contribution in [3.8, 4) is 0 Å². The Morgan fingerprint density at radius 2 is 1.53 bits per heavy atom. The van der Waals surface area contributed by atoms with E-state index in [1.165, 1.54) is 24.8 Å². The highest BCUT2D eigenvalue weighted by molar-refractivity contribution is 6.03. The van der Waals surface area contributed by atoms with Gasteiger partial charge in [-0.1, -0.05) is 30.3 Å². The van der Waals surface area contributed by atoms with E-state index in [2.05, 4.69) is 56.8 Å². The summed E-state index contributed by atoms with van der Waals surface area (Å²) >= 11 is 0. The standard InChI is InChI=1S/C36H48N4O3/c41-34(37-10-13-39-14-16-43-17-15-39)32-22-31(38-35(42)36-23-28-19-29(24-36)21-30(20-28)25-36)6-7-33(32)40-11-8-27(9-12-40)18-26-4-2-1-3-5-26/h1-7,22,27-30H,8-21,23-25H2,(H,37,41)(H,38,42). The Balaban J connectivity index is 1.05. The van der Waals surface area contributed by atoms with Crippen LogP contribution < -0.4 is 15.5 Å². The molecule has 8 rings (SSSR count). The summed E-state index contributed by atoms with van der Waals surface area (Å²) in [6, 6.07) is 16.8. The lowest BCUT2D eigenvalue weighted by molar-refractivity contribution is -0.140. The lowest BCUT2D eigenvalue weighted by Gasteiger charge is -2.55. The fourth-order valence-corrected chi connectivity index (χ4v) is 9.30. The summed E-state index contributed by atoms with van der Waals surface area (Å²) in [5.74, 6) is 2.94. The maximum atomic E-state index is 13.8. The van der Waals surface area contributed by atoms with Gasteiger partial charge in [-0.15, -0.1) is 0 Å². The van der Waals surface area contributed by atoms with Crippen LogP contribution in [-0.4, -0.2) is 69.2 Å². The Morgan fingerprint density at radius 1 is 0.860 bits per heavy atom. The third-order valence-corrected chi connectivity index (χ3v) is 11.2. The Kier molecular flexibility index (Phi) is 8.46. The minimum absolute atomic E-state index is 0.0550. The Hall–Kier alpha value is -2.90. The zero-order chi connectivity index (χ0) is 29.2. The summed E-state index contributed by atoms with van der Waals surface area (Å²) < 4.78 is 5.47. The quantitative estimate of drug-likeness (QED) is 0.415. The molecule has 0 aromatic heterocycles. The molecule has 2 aromatic rings. The van der Waals surface area contributed by atoms with Crippen LogP contribution in [0.4, 0.5) is 11.4 Å². The van der Waals surface area contributed by atoms with Crippen molar-refractivity contribution in [2.24, 2.45) is 29.1 Å². The summed E-state index contributed by atoms with van der Waals surface area (Å²) in [4.78, 5) is 32.3. The van der Waals surface area contributed by atoms with E-state index >= 15 is 0 Å². The molecule has 4 aliphatic carbocycles. The Labute approximate surface area is 256 Å². The number of morpholine rings is 1. The van der Waals surface area contributed by atoms with Gasteiger partial charge < -0.3 is 20.3 Å². The summed E-state index contributed by atoms with van der Waals surface area (Å²) in [6.07, 6.45) is 10.4. The number of benzene rings is 2. The molecular formula is C36H48N4O3. The van der Waals surface area contributed by atoms with Crippen molar-refractivity contribution in [1.29, 1.82) is 0 Å². The van der Waals surface area contributed by atoms with E-state index in [-0.39, 0.29) is 17.2 Å². The second kappa shape index (κ2) is 12.6. The van der Waals surface area contributed by atoms with Gasteiger partial charge in [0.25, 0.3) is 5.91 Å². The summed E-state index contributed by atoms with van der Waals surface area (Å²) in [6.45, 7) is 6.61. The lowest BCUT2D eigenvalue weighted by atomic mass is 9.49. The summed E-state index contributed by atoms with van der Waals surface area (Å²) in [7, 11) is 0. The number of amides is 2. The zero-order valence-electron chi connectivity index (χ0n) is 25.6. The van der Waals surface area contributed by atoms with Crippen molar-refractivity contribution in [3.63, 3.8) is 0 Å². The maximum absolute atomic E-state index is 13.8. The number of nitrogens with one attached hydrogen (secondary N) is 2. The first-order valence-corrected chi connectivity index (χ1v) is 16.9. The van der Waals surface area contributed by atoms with Crippen LogP contribution in [-0.2, 0) is 16.0 Å². The topological polar surface area (TPSA) is 73.9 Å². The minimum atomic E-state index is -0.214. The first kappa shape index (κ1) is 28.8. The molecule has 2 heterocycles. The van der Waals surface area contributed by atoms with Crippen molar-refractivity contribution in [1.82, 2.24) is 10.2 Å². The van der Waals surface area contributed by atoms with Crippen molar-refractivity contribution < 1.29 is 14.3 Å². The number of ether oxygens (including phenoxy) is 1. The van der Waals surface area contributed by atoms with Crippen LogP contribution in [0.3, 0.4) is 0 Å². The Morgan fingerprint density at radius 3 is 2.21 bits per heavy atom. The number of anilines is 2. The van der Waals surface area contributed by atoms with Gasteiger partial charge in [0.1, 0.15) is 0 Å². The second-order valence-electron chi connectivity index (χ2n) is 14.2. The zero-order valence-corrected chi connectivity index (χ0v) is 25.6. The van der Waals surface area contributed by atoms with Gasteiger partial charge in [0, 0.05) is 50.6 Å². The molecule has 0 unspecified atom stereocenters. The van der Waals surface area contributed by atoms with Crippen LogP contribution in [0.25, 0.3) is 0 Å². The molecule has 2 N–H and O–H groups in total. The van der Waals surface area contributed by atoms with Crippen molar-refractivity contribution in [3.05, 3.63) is 59.7 Å². The number of rotatable bonds is 9. The number of nitrogens with zero attached hydrogens (tertiary/aromatic N) is 2. The van der Waals surface area contributed by atoms with Crippen molar-refractivity contribution in [2.45, 2.75) is 57.8 Å². The van der Waals surface area contributed by atoms with E-state index in [0.29, 0.717) is 18.0 Å². The molecule has 2 saturated heterocycles. The van der Waals surface area contributed by atoms with E-state index in [4.69, 9.17) is 4.74 Å². The molecule has 2 aromatic carbocycles. The molecule has 2 aliphatic heterocycles. The van der Waals surface area contributed by atoms with Gasteiger partial charge in [-0.25, -0.2) is 0 Å². The highest BCUT2D eigenvalue weighted by atomic mass is 16.5. The van der Waals surface area contributed by atoms with E-state index in [9.17, 15) is 9.59 Å². The minimum Gasteiger partial charge on any atom is -0.379 e. The van der Waals surface area contributed by atoms with Gasteiger partial charge in [-0.2, -0.15) is 0 Å². The Bertz CT molecular complexity index is 1250. The highest BCUT2D eigenvalue weighted by Gasteiger charge is 2.54. The predicted molar refractivity (Wildman–Crippen MR) is 170 cm³/mol. The van der Waals surface area contributed by atoms with Gasteiger partial charge in [0.2, 0.25) is 5.91 Å². The number of piperidine rings is 1. The number of hydrogen-bond donors (Lipinski definition) is 2. The number of hydrogen-bond acceptors (Lipinski definition) is 5. The van der Waals surface area contributed by atoms with E-state index in [1.54, 1.807) is 0 Å². The molecule has 43 heavy (non-hydrogen) atoms. The molecule has 0 spiro atoms. The predicted octanol–water partition coefficient (Wildman–Crippen LogP) is 5.36. The summed E-state index contributed by atoms with van der Waals surface area (Å²) in [5, 5.41) is 6.50. The first-order valence-electron chi connectivity index (χ1n) is 16.9. The van der Waals surface area contributed by atoms with Crippen LogP contribution in [0.5, 0.6) is 0 Å². The number of carbonyl (C=O) groups is 2. The molecule has 7 nitrogen and oxygen atoms in total. The second-order valence-corrected chi connectivity index (χ2v) is 14.2. The molecule has 0 atom stereocenters. The van der Waals surface area contributed by atoms with Gasteiger partial charge in [-0.3, -0.25) is 14.5 Å². The molecule has 2 amide bonds. The fourth-order valence-electron chi connectivity index (χ4n) is 9.30. The molecule has 230 valence electrons. The van der Waals surface area contributed by atoms with Crippen LogP contribution in [0.2, 0.25) is 0 Å². The molecular weight excluding hydrogens is 536 g/mol.